The maximum atomic E-state index is 9.46. The van der Waals surface area contributed by atoms with E-state index >= 15 is 0 Å². The molecule has 0 saturated heterocycles. The van der Waals surface area contributed by atoms with E-state index in [0.717, 1.165) is 25.7 Å². The summed E-state index contributed by atoms with van der Waals surface area (Å²) in [4.78, 5) is 0. The van der Waals surface area contributed by atoms with Gasteiger partial charge < -0.3 is 10.8 Å². The minimum absolute atomic E-state index is 0.230. The second-order valence-electron chi connectivity index (χ2n) is 3.35. The molecule has 3 N–H and O–H groups in total. The van der Waals surface area contributed by atoms with E-state index in [2.05, 4.69) is 0 Å². The average molecular weight is 129 g/mol. The Morgan fingerprint density at radius 2 is 2.33 bits per heavy atom. The average Bonchev–Trinajstić information content (AvgIpc) is 1.60. The Morgan fingerprint density at radius 3 is 2.67 bits per heavy atom. The number of nitrogens with two attached hydrogens (primary N) is 1. The molecule has 0 bridgehead atoms. The standard InChI is InChI=1S/C7H15NO/c1-7(9)4-2-3-6(8)5-7/h6,9H,2-5,8H2,1H3/t6-,7-/m1/s1. The molecule has 1 aliphatic carbocycles. The lowest BCUT2D eigenvalue weighted by molar-refractivity contribution is 0.0156. The van der Waals surface area contributed by atoms with Crippen LogP contribution in [-0.4, -0.2) is 16.7 Å². The van der Waals surface area contributed by atoms with Crippen LogP contribution < -0.4 is 5.73 Å². The van der Waals surface area contributed by atoms with Gasteiger partial charge in [0.1, 0.15) is 0 Å². The molecule has 0 spiro atoms. The molecule has 0 aromatic rings. The lowest BCUT2D eigenvalue weighted by atomic mass is 9.84. The Bertz CT molecular complexity index is 101. The molecule has 0 aromatic carbocycles. The van der Waals surface area contributed by atoms with E-state index in [9.17, 15) is 5.11 Å². The summed E-state index contributed by atoms with van der Waals surface area (Å²) in [6.07, 6.45) is 3.85. The van der Waals surface area contributed by atoms with Gasteiger partial charge in [0.2, 0.25) is 0 Å². The van der Waals surface area contributed by atoms with Gasteiger partial charge >= 0.3 is 0 Å². The van der Waals surface area contributed by atoms with Crippen molar-refractivity contribution in [3.05, 3.63) is 0 Å². The molecular formula is C7H15NO. The van der Waals surface area contributed by atoms with Crippen LogP contribution in [0.15, 0.2) is 0 Å². The monoisotopic (exact) mass is 129 g/mol. The van der Waals surface area contributed by atoms with Crippen molar-refractivity contribution in [1.29, 1.82) is 0 Å². The van der Waals surface area contributed by atoms with Crippen LogP contribution in [0.4, 0.5) is 0 Å². The van der Waals surface area contributed by atoms with Gasteiger partial charge in [0, 0.05) is 6.04 Å². The van der Waals surface area contributed by atoms with Crippen molar-refractivity contribution < 1.29 is 5.11 Å². The Balaban J connectivity index is 2.41. The zero-order chi connectivity index (χ0) is 6.91. The smallest absolute Gasteiger partial charge is 0.0634 e. The summed E-state index contributed by atoms with van der Waals surface area (Å²) in [5.41, 5.74) is 5.18. The number of rotatable bonds is 0. The van der Waals surface area contributed by atoms with Crippen LogP contribution in [0.3, 0.4) is 0 Å². The molecule has 1 rings (SSSR count). The molecular weight excluding hydrogens is 114 g/mol. The van der Waals surface area contributed by atoms with Gasteiger partial charge in [0.15, 0.2) is 0 Å². The van der Waals surface area contributed by atoms with Crippen molar-refractivity contribution in [1.82, 2.24) is 0 Å². The van der Waals surface area contributed by atoms with Crippen LogP contribution >= 0.6 is 0 Å². The molecule has 1 fully saturated rings. The Morgan fingerprint density at radius 1 is 1.67 bits per heavy atom. The summed E-state index contributed by atoms with van der Waals surface area (Å²) in [6, 6.07) is 0.230. The van der Waals surface area contributed by atoms with E-state index in [1.54, 1.807) is 0 Å². The van der Waals surface area contributed by atoms with Gasteiger partial charge in [-0.2, -0.15) is 0 Å². The van der Waals surface area contributed by atoms with Crippen molar-refractivity contribution in [3.8, 4) is 0 Å². The van der Waals surface area contributed by atoms with Crippen LogP contribution in [-0.2, 0) is 0 Å². The van der Waals surface area contributed by atoms with E-state index in [0.29, 0.717) is 0 Å². The van der Waals surface area contributed by atoms with Crippen molar-refractivity contribution in [2.45, 2.75) is 44.2 Å². The number of aliphatic hydroxyl groups is 1. The van der Waals surface area contributed by atoms with Crippen molar-refractivity contribution in [2.75, 3.05) is 0 Å². The molecule has 0 aromatic heterocycles. The van der Waals surface area contributed by atoms with Gasteiger partial charge in [-0.25, -0.2) is 0 Å². The third-order valence-corrected chi connectivity index (χ3v) is 1.99. The van der Waals surface area contributed by atoms with Crippen molar-refractivity contribution in [3.63, 3.8) is 0 Å². The minimum atomic E-state index is -0.475. The normalized spacial score (nSPS) is 45.0. The van der Waals surface area contributed by atoms with Gasteiger partial charge in [0.25, 0.3) is 0 Å². The first-order valence-corrected chi connectivity index (χ1v) is 3.58. The molecule has 0 heterocycles. The summed E-state index contributed by atoms with van der Waals surface area (Å²) >= 11 is 0. The van der Waals surface area contributed by atoms with E-state index < -0.39 is 5.60 Å². The van der Waals surface area contributed by atoms with Crippen molar-refractivity contribution in [2.24, 2.45) is 5.73 Å². The van der Waals surface area contributed by atoms with Crippen LogP contribution in [0, 0.1) is 0 Å². The topological polar surface area (TPSA) is 46.2 Å². The van der Waals surface area contributed by atoms with E-state index in [1.165, 1.54) is 0 Å². The summed E-state index contributed by atoms with van der Waals surface area (Å²) < 4.78 is 0. The first-order chi connectivity index (χ1) is 4.10. The summed E-state index contributed by atoms with van der Waals surface area (Å²) in [5, 5.41) is 9.46. The molecule has 0 unspecified atom stereocenters. The maximum absolute atomic E-state index is 9.46. The first kappa shape index (κ1) is 7.03. The fourth-order valence-electron chi connectivity index (χ4n) is 1.51. The largest absolute Gasteiger partial charge is 0.390 e. The van der Waals surface area contributed by atoms with Gasteiger partial charge in [-0.15, -0.1) is 0 Å². The van der Waals surface area contributed by atoms with Gasteiger partial charge in [0.05, 0.1) is 5.60 Å². The molecule has 2 nitrogen and oxygen atoms in total. The highest BCUT2D eigenvalue weighted by molar-refractivity contribution is 4.83. The van der Waals surface area contributed by atoms with E-state index in [-0.39, 0.29) is 6.04 Å². The summed E-state index contributed by atoms with van der Waals surface area (Å²) in [5.74, 6) is 0. The number of hydrogen-bond donors (Lipinski definition) is 2. The maximum Gasteiger partial charge on any atom is 0.0634 e. The number of hydrogen-bond acceptors (Lipinski definition) is 2. The van der Waals surface area contributed by atoms with Crippen LogP contribution in [0.2, 0.25) is 0 Å². The molecule has 2 heteroatoms. The van der Waals surface area contributed by atoms with E-state index in [4.69, 9.17) is 5.73 Å². The highest BCUT2D eigenvalue weighted by Gasteiger charge is 2.27. The summed E-state index contributed by atoms with van der Waals surface area (Å²) in [6.45, 7) is 1.87. The van der Waals surface area contributed by atoms with Crippen LogP contribution in [0.1, 0.15) is 32.6 Å². The van der Waals surface area contributed by atoms with Gasteiger partial charge in [-0.1, -0.05) is 0 Å². The molecule has 54 valence electrons. The van der Waals surface area contributed by atoms with Crippen molar-refractivity contribution >= 4 is 0 Å². The SMILES string of the molecule is C[C@@]1(O)CCC[C@@H](N)C1. The zero-order valence-electron chi connectivity index (χ0n) is 5.93. The van der Waals surface area contributed by atoms with E-state index in [1.807, 2.05) is 6.92 Å². The highest BCUT2D eigenvalue weighted by Crippen LogP contribution is 2.26. The zero-order valence-corrected chi connectivity index (χ0v) is 5.93. The molecule has 2 atom stereocenters. The Kier molecular flexibility index (Phi) is 1.78. The third kappa shape index (κ3) is 1.95. The Hall–Kier alpha value is -0.0800. The summed E-state index contributed by atoms with van der Waals surface area (Å²) in [7, 11) is 0. The van der Waals surface area contributed by atoms with Crippen LogP contribution in [0.5, 0.6) is 0 Å². The second kappa shape index (κ2) is 2.27. The van der Waals surface area contributed by atoms with Gasteiger partial charge in [-0.05, 0) is 32.6 Å². The lowest BCUT2D eigenvalue weighted by Gasteiger charge is -2.31. The van der Waals surface area contributed by atoms with Gasteiger partial charge in [-0.3, -0.25) is 0 Å². The molecule has 1 aliphatic rings. The Labute approximate surface area is 56.1 Å². The fourth-order valence-corrected chi connectivity index (χ4v) is 1.51. The molecule has 9 heavy (non-hydrogen) atoms. The van der Waals surface area contributed by atoms with Crippen LogP contribution in [0.25, 0.3) is 0 Å². The molecule has 0 radical (unpaired) electrons. The molecule has 0 amide bonds. The first-order valence-electron chi connectivity index (χ1n) is 3.58. The molecule has 1 saturated carbocycles. The predicted molar refractivity (Wildman–Crippen MR) is 37.1 cm³/mol. The minimum Gasteiger partial charge on any atom is -0.390 e. The highest BCUT2D eigenvalue weighted by atomic mass is 16.3. The molecule has 0 aliphatic heterocycles. The predicted octanol–water partition coefficient (Wildman–Crippen LogP) is 0.639. The lowest BCUT2D eigenvalue weighted by Crippen LogP contribution is -2.38. The fraction of sp³-hybridized carbons (Fsp3) is 1.00. The quantitative estimate of drug-likeness (QED) is 0.504. The third-order valence-electron chi connectivity index (χ3n) is 1.99. The second-order valence-corrected chi connectivity index (χ2v) is 3.35.